The second-order valence-electron chi connectivity index (χ2n) is 5.87. The van der Waals surface area contributed by atoms with Crippen LogP contribution in [0, 0.1) is 0 Å². The molecule has 0 aliphatic carbocycles. The molecule has 0 spiro atoms. The van der Waals surface area contributed by atoms with E-state index < -0.39 is 0 Å². The van der Waals surface area contributed by atoms with E-state index in [1.54, 1.807) is 0 Å². The number of carbonyl (C=O) groups excluding carboxylic acids is 2. The van der Waals surface area contributed by atoms with Gasteiger partial charge in [0.15, 0.2) is 0 Å². The topological polar surface area (TPSA) is 52.6 Å². The van der Waals surface area contributed by atoms with Crippen LogP contribution >= 0.6 is 0 Å². The van der Waals surface area contributed by atoms with Gasteiger partial charge in [-0.1, -0.05) is 84.6 Å². The number of esters is 1. The average Bonchev–Trinajstić information content (AvgIpc) is 2.60. The molecule has 0 aliphatic heterocycles. The van der Waals surface area contributed by atoms with E-state index in [1.807, 2.05) is 0 Å². The summed E-state index contributed by atoms with van der Waals surface area (Å²) in [6.45, 7) is 9.38. The molecule has 0 radical (unpaired) electrons. The van der Waals surface area contributed by atoms with Crippen LogP contribution in [0.15, 0.2) is 12.7 Å². The first-order chi connectivity index (χ1) is 11.7. The first-order valence-corrected chi connectivity index (χ1v) is 9.57. The van der Waals surface area contributed by atoms with Gasteiger partial charge in [0.2, 0.25) is 0 Å². The molecule has 0 amide bonds. The van der Waals surface area contributed by atoms with Gasteiger partial charge in [-0.3, -0.25) is 4.79 Å². The van der Waals surface area contributed by atoms with E-state index in [9.17, 15) is 9.59 Å². The van der Waals surface area contributed by atoms with Crippen LogP contribution in [0.5, 0.6) is 0 Å². The Kier molecular flexibility index (Phi) is 24.9. The molecule has 0 saturated carbocycles. The first-order valence-electron chi connectivity index (χ1n) is 9.57. The molecule has 0 N–H and O–H groups in total. The molecule has 4 nitrogen and oxygen atoms in total. The van der Waals surface area contributed by atoms with Gasteiger partial charge in [0.1, 0.15) is 0 Å². The van der Waals surface area contributed by atoms with E-state index in [4.69, 9.17) is 4.74 Å². The van der Waals surface area contributed by atoms with Gasteiger partial charge < -0.3 is 9.47 Å². The summed E-state index contributed by atoms with van der Waals surface area (Å²) in [5.41, 5.74) is 0. The summed E-state index contributed by atoms with van der Waals surface area (Å²) in [6, 6.07) is 0. The average molecular weight is 343 g/mol. The van der Waals surface area contributed by atoms with Crippen molar-refractivity contribution in [2.45, 2.75) is 90.9 Å². The van der Waals surface area contributed by atoms with Crippen LogP contribution < -0.4 is 0 Å². The van der Waals surface area contributed by atoms with Crippen molar-refractivity contribution in [3.05, 3.63) is 12.7 Å². The quantitative estimate of drug-likeness (QED) is 0.159. The molecular formula is C20H38O4. The first kappa shape index (κ1) is 24.9. The highest BCUT2D eigenvalue weighted by Gasteiger charge is 1.94. The van der Waals surface area contributed by atoms with Crippen LogP contribution in [0.4, 0.5) is 0 Å². The van der Waals surface area contributed by atoms with E-state index in [2.05, 4.69) is 25.2 Å². The Hall–Kier alpha value is -1.32. The molecular weight excluding hydrogens is 304 g/mol. The lowest BCUT2D eigenvalue weighted by atomic mass is 10.1. The summed E-state index contributed by atoms with van der Waals surface area (Å²) in [5, 5.41) is 0. The molecule has 142 valence electrons. The zero-order chi connectivity index (χ0) is 18.3. The molecule has 0 bridgehead atoms. The molecule has 0 fully saturated rings. The maximum atomic E-state index is 10.6. The number of carbonyl (C=O) groups is 2. The smallest absolute Gasteiger partial charge is 0.330 e. The molecule has 4 heteroatoms. The van der Waals surface area contributed by atoms with Crippen molar-refractivity contribution in [3.8, 4) is 0 Å². The minimum absolute atomic E-state index is 0.312. The Balaban J connectivity index is 0. The number of ether oxygens (including phenoxy) is 2. The standard InChI is InChI=1S/C11H20O2.C9H18O2/c1-3-5-6-7-8-9-10-13-11(12)4-2;1-2-3-4-5-6-7-8-11-9-10/h4H,2-3,5-10H2,1H3;9H,2-8H2,1H3. The van der Waals surface area contributed by atoms with Crippen LogP contribution in [-0.2, 0) is 19.1 Å². The Labute approximate surface area is 149 Å². The third kappa shape index (κ3) is 25.6. The van der Waals surface area contributed by atoms with E-state index in [-0.39, 0.29) is 5.97 Å². The van der Waals surface area contributed by atoms with Crippen LogP contribution in [-0.4, -0.2) is 25.7 Å². The lowest BCUT2D eigenvalue weighted by molar-refractivity contribution is -0.137. The predicted molar refractivity (Wildman–Crippen MR) is 99.9 cm³/mol. The summed E-state index contributed by atoms with van der Waals surface area (Å²) in [4.78, 5) is 20.3. The van der Waals surface area contributed by atoms with Crippen molar-refractivity contribution in [1.82, 2.24) is 0 Å². The van der Waals surface area contributed by atoms with Crippen molar-refractivity contribution >= 4 is 12.4 Å². The molecule has 0 aliphatic rings. The van der Waals surface area contributed by atoms with Crippen LogP contribution in [0.1, 0.15) is 90.9 Å². The molecule has 0 heterocycles. The fourth-order valence-corrected chi connectivity index (χ4v) is 2.13. The summed E-state index contributed by atoms with van der Waals surface area (Å²) < 4.78 is 9.40. The van der Waals surface area contributed by atoms with Crippen molar-refractivity contribution in [1.29, 1.82) is 0 Å². The van der Waals surface area contributed by atoms with Crippen molar-refractivity contribution in [2.75, 3.05) is 13.2 Å². The zero-order valence-corrected chi connectivity index (χ0v) is 15.9. The highest BCUT2D eigenvalue weighted by atomic mass is 16.5. The van der Waals surface area contributed by atoms with Crippen molar-refractivity contribution in [3.63, 3.8) is 0 Å². The predicted octanol–water partition coefficient (Wildman–Crippen LogP) is 5.60. The van der Waals surface area contributed by atoms with Gasteiger partial charge in [-0.05, 0) is 12.8 Å². The molecule has 0 saturated heterocycles. The second-order valence-corrected chi connectivity index (χ2v) is 5.87. The maximum absolute atomic E-state index is 10.6. The number of hydrogen-bond acceptors (Lipinski definition) is 4. The largest absolute Gasteiger partial charge is 0.468 e. The number of rotatable bonds is 16. The van der Waals surface area contributed by atoms with Crippen LogP contribution in [0.2, 0.25) is 0 Å². The lowest BCUT2D eigenvalue weighted by Gasteiger charge is -2.01. The van der Waals surface area contributed by atoms with Gasteiger partial charge in [-0.25, -0.2) is 4.79 Å². The van der Waals surface area contributed by atoms with Crippen LogP contribution in [0.3, 0.4) is 0 Å². The van der Waals surface area contributed by atoms with Gasteiger partial charge in [-0.2, -0.15) is 0 Å². The fraction of sp³-hybridized carbons (Fsp3) is 0.800. The third-order valence-corrected chi connectivity index (χ3v) is 3.59. The van der Waals surface area contributed by atoms with Gasteiger partial charge in [-0.15, -0.1) is 0 Å². The van der Waals surface area contributed by atoms with E-state index >= 15 is 0 Å². The lowest BCUT2D eigenvalue weighted by Crippen LogP contribution is -2.01. The maximum Gasteiger partial charge on any atom is 0.330 e. The Morgan fingerprint density at radius 3 is 1.71 bits per heavy atom. The van der Waals surface area contributed by atoms with Crippen LogP contribution in [0.25, 0.3) is 0 Å². The van der Waals surface area contributed by atoms with Gasteiger partial charge in [0, 0.05) is 6.08 Å². The summed E-state index contributed by atoms with van der Waals surface area (Å²) in [6.07, 6.45) is 15.9. The Morgan fingerprint density at radius 2 is 1.25 bits per heavy atom. The van der Waals surface area contributed by atoms with E-state index in [0.717, 1.165) is 19.3 Å². The highest BCUT2D eigenvalue weighted by Crippen LogP contribution is 2.05. The van der Waals surface area contributed by atoms with E-state index in [1.165, 1.54) is 63.9 Å². The van der Waals surface area contributed by atoms with Crippen molar-refractivity contribution in [2.24, 2.45) is 0 Å². The minimum atomic E-state index is -0.312. The summed E-state index contributed by atoms with van der Waals surface area (Å²) in [5.74, 6) is -0.312. The van der Waals surface area contributed by atoms with Gasteiger partial charge >= 0.3 is 5.97 Å². The monoisotopic (exact) mass is 342 g/mol. The highest BCUT2D eigenvalue weighted by molar-refractivity contribution is 5.81. The summed E-state index contributed by atoms with van der Waals surface area (Å²) >= 11 is 0. The molecule has 0 rings (SSSR count). The van der Waals surface area contributed by atoms with Crippen molar-refractivity contribution < 1.29 is 19.1 Å². The number of unbranched alkanes of at least 4 members (excludes halogenated alkanes) is 10. The van der Waals surface area contributed by atoms with E-state index in [0.29, 0.717) is 19.7 Å². The molecule has 24 heavy (non-hydrogen) atoms. The minimum Gasteiger partial charge on any atom is -0.468 e. The normalized spacial score (nSPS) is 9.58. The summed E-state index contributed by atoms with van der Waals surface area (Å²) in [7, 11) is 0. The Morgan fingerprint density at radius 1 is 0.792 bits per heavy atom. The molecule has 0 unspecified atom stereocenters. The van der Waals surface area contributed by atoms with Gasteiger partial charge in [0.25, 0.3) is 6.47 Å². The van der Waals surface area contributed by atoms with Gasteiger partial charge in [0.05, 0.1) is 13.2 Å². The fourth-order valence-electron chi connectivity index (χ4n) is 2.13. The second kappa shape index (κ2) is 23.9. The molecule has 0 aromatic rings. The third-order valence-electron chi connectivity index (χ3n) is 3.59. The number of hydrogen-bond donors (Lipinski definition) is 0. The molecule has 0 aromatic carbocycles. The molecule has 0 aromatic heterocycles. The molecule has 0 atom stereocenters. The zero-order valence-electron chi connectivity index (χ0n) is 15.9. The SMILES string of the molecule is C=CC(=O)OCCCCCCCC.CCCCCCCCOC=O. The Bertz CT molecular complexity index is 277.